The van der Waals surface area contributed by atoms with Gasteiger partial charge in [0.2, 0.25) is 0 Å². The van der Waals surface area contributed by atoms with Crippen molar-refractivity contribution in [1.29, 1.82) is 0 Å². The summed E-state index contributed by atoms with van der Waals surface area (Å²) in [6.07, 6.45) is 8.37. The summed E-state index contributed by atoms with van der Waals surface area (Å²) in [4.78, 5) is 11.4. The van der Waals surface area contributed by atoms with Gasteiger partial charge in [-0.15, -0.1) is 0 Å². The molecular formula is C18H30O. The fraction of sp³-hybridized carbons (Fsp3) is 0.833. The van der Waals surface area contributed by atoms with E-state index in [1.807, 2.05) is 0 Å². The summed E-state index contributed by atoms with van der Waals surface area (Å²) >= 11 is 0. The first-order chi connectivity index (χ1) is 8.77. The fourth-order valence-corrected chi connectivity index (χ4v) is 4.99. The topological polar surface area (TPSA) is 17.1 Å². The highest BCUT2D eigenvalue weighted by atomic mass is 16.1. The van der Waals surface area contributed by atoms with Crippen molar-refractivity contribution in [3.8, 4) is 0 Å². The van der Waals surface area contributed by atoms with Crippen molar-refractivity contribution < 1.29 is 4.79 Å². The minimum absolute atomic E-state index is 0.334. The molecule has 0 saturated heterocycles. The maximum Gasteiger partial charge on any atom is 0.130 e. The molecule has 2 aliphatic carbocycles. The second-order valence-electron chi connectivity index (χ2n) is 7.81. The van der Waals surface area contributed by atoms with E-state index >= 15 is 0 Å². The number of fused-ring (bicyclic) bond motifs is 1. The van der Waals surface area contributed by atoms with Crippen LogP contribution in [0.2, 0.25) is 0 Å². The van der Waals surface area contributed by atoms with E-state index in [2.05, 4.69) is 27.7 Å². The number of hydrogen-bond acceptors (Lipinski definition) is 1. The van der Waals surface area contributed by atoms with Gasteiger partial charge in [0.1, 0.15) is 5.78 Å². The Balaban J connectivity index is 2.31. The highest BCUT2D eigenvalue weighted by Crippen LogP contribution is 2.60. The fourth-order valence-electron chi connectivity index (χ4n) is 4.99. The zero-order valence-electron chi connectivity index (χ0n) is 13.4. The normalized spacial score (nSPS) is 34.1. The first-order valence-electron chi connectivity index (χ1n) is 7.96. The molecular weight excluding hydrogens is 232 g/mol. The molecule has 1 saturated carbocycles. The third-order valence-corrected chi connectivity index (χ3v) is 5.97. The Bertz CT molecular complexity index is 402. The van der Waals surface area contributed by atoms with Crippen LogP contribution in [0.15, 0.2) is 11.1 Å². The maximum atomic E-state index is 11.4. The molecule has 108 valence electrons. The third-order valence-electron chi connectivity index (χ3n) is 5.97. The molecule has 0 bridgehead atoms. The van der Waals surface area contributed by atoms with Gasteiger partial charge >= 0.3 is 0 Å². The molecule has 19 heavy (non-hydrogen) atoms. The number of Topliss-reactive ketones (excluding diaryl/α,β-unsaturated/α-hetero) is 1. The molecule has 0 heterocycles. The standard InChI is InChI=1S/C18H30O/c1-13-7-10-16-17(3,4)11-6-12-18(16,5)15(13)9-8-14(2)19/h16H,6-12H2,1-5H3/t16-,18+/m1/s1. The van der Waals surface area contributed by atoms with Crippen LogP contribution >= 0.6 is 0 Å². The Morgan fingerprint density at radius 3 is 2.58 bits per heavy atom. The molecule has 0 radical (unpaired) electrons. The molecule has 0 aromatic carbocycles. The average molecular weight is 262 g/mol. The SMILES string of the molecule is CC(=O)CCC1=C(C)CC[C@@H]2C(C)(C)CCC[C@@]12C. The predicted octanol–water partition coefficient (Wildman–Crippen LogP) is 5.30. The molecule has 2 rings (SSSR count). The number of hydrogen-bond donors (Lipinski definition) is 0. The van der Waals surface area contributed by atoms with Gasteiger partial charge in [-0.3, -0.25) is 0 Å². The summed E-state index contributed by atoms with van der Waals surface area (Å²) in [5.74, 6) is 1.14. The Hall–Kier alpha value is -0.590. The summed E-state index contributed by atoms with van der Waals surface area (Å²) in [5.41, 5.74) is 4.04. The molecule has 0 amide bonds. The largest absolute Gasteiger partial charge is 0.300 e. The van der Waals surface area contributed by atoms with E-state index in [4.69, 9.17) is 0 Å². The lowest BCUT2D eigenvalue weighted by molar-refractivity contribution is -0.117. The summed E-state index contributed by atoms with van der Waals surface area (Å²) in [7, 11) is 0. The van der Waals surface area contributed by atoms with E-state index in [0.717, 1.165) is 18.8 Å². The molecule has 1 nitrogen and oxygen atoms in total. The quantitative estimate of drug-likeness (QED) is 0.631. The number of carbonyl (C=O) groups is 1. The van der Waals surface area contributed by atoms with Gasteiger partial charge in [-0.2, -0.15) is 0 Å². The van der Waals surface area contributed by atoms with Gasteiger partial charge in [0, 0.05) is 6.42 Å². The lowest BCUT2D eigenvalue weighted by atomic mass is 9.50. The summed E-state index contributed by atoms with van der Waals surface area (Å²) in [5, 5.41) is 0. The van der Waals surface area contributed by atoms with Crippen molar-refractivity contribution in [2.45, 2.75) is 79.6 Å². The van der Waals surface area contributed by atoms with Crippen molar-refractivity contribution in [2.24, 2.45) is 16.7 Å². The highest BCUT2D eigenvalue weighted by molar-refractivity contribution is 5.75. The van der Waals surface area contributed by atoms with Gasteiger partial charge < -0.3 is 4.79 Å². The minimum atomic E-state index is 0.334. The third kappa shape index (κ3) is 2.66. The highest BCUT2D eigenvalue weighted by Gasteiger charge is 2.49. The summed E-state index contributed by atoms with van der Waals surface area (Å²) < 4.78 is 0. The molecule has 2 aliphatic rings. The van der Waals surface area contributed by atoms with E-state index < -0.39 is 0 Å². The van der Waals surface area contributed by atoms with Crippen LogP contribution in [0, 0.1) is 16.7 Å². The summed E-state index contributed by atoms with van der Waals surface area (Å²) in [6, 6.07) is 0. The van der Waals surface area contributed by atoms with Gasteiger partial charge in [0.15, 0.2) is 0 Å². The van der Waals surface area contributed by atoms with Crippen molar-refractivity contribution in [3.63, 3.8) is 0 Å². The van der Waals surface area contributed by atoms with Gasteiger partial charge in [-0.25, -0.2) is 0 Å². The van der Waals surface area contributed by atoms with Crippen LogP contribution in [-0.2, 0) is 4.79 Å². The van der Waals surface area contributed by atoms with Crippen LogP contribution in [0.5, 0.6) is 0 Å². The van der Waals surface area contributed by atoms with Crippen LogP contribution in [0.3, 0.4) is 0 Å². The first-order valence-corrected chi connectivity index (χ1v) is 7.96. The lowest BCUT2D eigenvalue weighted by Gasteiger charge is -2.55. The molecule has 0 aromatic rings. The van der Waals surface area contributed by atoms with Crippen LogP contribution in [0.4, 0.5) is 0 Å². The molecule has 1 fully saturated rings. The number of rotatable bonds is 3. The molecule has 0 unspecified atom stereocenters. The zero-order chi connectivity index (χ0) is 14.3. The minimum Gasteiger partial charge on any atom is -0.300 e. The van der Waals surface area contributed by atoms with Crippen molar-refractivity contribution in [2.75, 3.05) is 0 Å². The molecule has 0 spiro atoms. The van der Waals surface area contributed by atoms with E-state index in [9.17, 15) is 4.79 Å². The number of carbonyl (C=O) groups excluding carboxylic acids is 1. The van der Waals surface area contributed by atoms with E-state index in [1.165, 1.54) is 32.1 Å². The average Bonchev–Trinajstić information content (AvgIpc) is 2.26. The van der Waals surface area contributed by atoms with E-state index in [0.29, 0.717) is 16.6 Å². The molecule has 2 atom stereocenters. The molecule has 0 N–H and O–H groups in total. The van der Waals surface area contributed by atoms with Crippen molar-refractivity contribution in [3.05, 3.63) is 11.1 Å². The molecule has 0 aromatic heterocycles. The molecule has 0 aliphatic heterocycles. The van der Waals surface area contributed by atoms with Gasteiger partial charge in [-0.1, -0.05) is 38.3 Å². The first kappa shape index (κ1) is 14.8. The van der Waals surface area contributed by atoms with Crippen LogP contribution in [-0.4, -0.2) is 5.78 Å². The molecule has 1 heteroatoms. The zero-order valence-corrected chi connectivity index (χ0v) is 13.4. The lowest BCUT2D eigenvalue weighted by Crippen LogP contribution is -2.45. The number of ketones is 1. The number of allylic oxidation sites excluding steroid dienone is 2. The van der Waals surface area contributed by atoms with E-state index in [-0.39, 0.29) is 0 Å². The van der Waals surface area contributed by atoms with Gasteiger partial charge in [0.05, 0.1) is 0 Å². The van der Waals surface area contributed by atoms with E-state index in [1.54, 1.807) is 18.1 Å². The second-order valence-corrected chi connectivity index (χ2v) is 7.81. The Kier molecular flexibility index (Phi) is 3.95. The maximum absolute atomic E-state index is 11.4. The van der Waals surface area contributed by atoms with Crippen molar-refractivity contribution in [1.82, 2.24) is 0 Å². The van der Waals surface area contributed by atoms with Gasteiger partial charge in [-0.05, 0) is 62.7 Å². The van der Waals surface area contributed by atoms with Crippen molar-refractivity contribution >= 4 is 5.78 Å². The predicted molar refractivity (Wildman–Crippen MR) is 81.1 cm³/mol. The Labute approximate surface area is 118 Å². The monoisotopic (exact) mass is 262 g/mol. The van der Waals surface area contributed by atoms with Crippen LogP contribution < -0.4 is 0 Å². The van der Waals surface area contributed by atoms with Crippen LogP contribution in [0.1, 0.15) is 79.6 Å². The van der Waals surface area contributed by atoms with Crippen LogP contribution in [0.25, 0.3) is 0 Å². The summed E-state index contributed by atoms with van der Waals surface area (Å²) in [6.45, 7) is 11.4. The Morgan fingerprint density at radius 2 is 1.95 bits per heavy atom. The van der Waals surface area contributed by atoms with Gasteiger partial charge in [0.25, 0.3) is 0 Å². The Morgan fingerprint density at radius 1 is 1.26 bits per heavy atom. The smallest absolute Gasteiger partial charge is 0.130 e. The second kappa shape index (κ2) is 5.07.